The fourth-order valence-corrected chi connectivity index (χ4v) is 3.52. The summed E-state index contributed by atoms with van der Waals surface area (Å²) >= 11 is 1.54. The molecule has 94 valence electrons. The molecular formula is C14H20O2S. The van der Waals surface area contributed by atoms with E-state index >= 15 is 0 Å². The van der Waals surface area contributed by atoms with Gasteiger partial charge in [-0.25, -0.2) is 0 Å². The van der Waals surface area contributed by atoms with Crippen molar-refractivity contribution in [3.63, 3.8) is 0 Å². The van der Waals surface area contributed by atoms with E-state index in [2.05, 4.69) is 6.92 Å². The molecule has 1 fully saturated rings. The Kier molecular flexibility index (Phi) is 3.69. The summed E-state index contributed by atoms with van der Waals surface area (Å²) in [6, 6.07) is 2.01. The summed E-state index contributed by atoms with van der Waals surface area (Å²) in [6.45, 7) is 4.25. The molecule has 0 radical (unpaired) electrons. The molecule has 1 heterocycles. The largest absolute Gasteiger partial charge is 0.370 e. The number of thiophene rings is 1. The molecule has 1 saturated carbocycles. The third-order valence-corrected chi connectivity index (χ3v) is 4.97. The van der Waals surface area contributed by atoms with Crippen LogP contribution in [0.1, 0.15) is 47.8 Å². The summed E-state index contributed by atoms with van der Waals surface area (Å²) in [4.78, 5) is 13.5. The second-order valence-electron chi connectivity index (χ2n) is 5.14. The van der Waals surface area contributed by atoms with E-state index in [9.17, 15) is 4.79 Å². The average molecular weight is 252 g/mol. The van der Waals surface area contributed by atoms with Gasteiger partial charge in [-0.05, 0) is 55.5 Å². The molecule has 0 spiro atoms. The minimum atomic E-state index is -0.553. The molecule has 0 bridgehead atoms. The quantitative estimate of drug-likeness (QED) is 0.764. The molecule has 1 aromatic heterocycles. The molecule has 0 aromatic carbocycles. The fourth-order valence-electron chi connectivity index (χ4n) is 2.56. The van der Waals surface area contributed by atoms with Gasteiger partial charge in [0.1, 0.15) is 5.60 Å². The molecular weight excluding hydrogens is 232 g/mol. The highest BCUT2D eigenvalue weighted by atomic mass is 32.1. The van der Waals surface area contributed by atoms with Gasteiger partial charge in [0.25, 0.3) is 0 Å². The topological polar surface area (TPSA) is 26.3 Å². The molecule has 0 amide bonds. The number of ether oxygens (including phenoxy) is 1. The smallest absolute Gasteiger partial charge is 0.204 e. The van der Waals surface area contributed by atoms with Crippen LogP contribution in [0.3, 0.4) is 0 Å². The van der Waals surface area contributed by atoms with Crippen LogP contribution in [-0.2, 0) is 4.74 Å². The highest BCUT2D eigenvalue weighted by Crippen LogP contribution is 2.38. The predicted octanol–water partition coefficient (Wildman–Crippen LogP) is 3.83. The Morgan fingerprint density at radius 1 is 1.47 bits per heavy atom. The number of carbonyl (C=O) groups is 1. The van der Waals surface area contributed by atoms with Gasteiger partial charge in [-0.15, -0.1) is 11.3 Å². The van der Waals surface area contributed by atoms with Gasteiger partial charge in [0, 0.05) is 7.11 Å². The van der Waals surface area contributed by atoms with Crippen molar-refractivity contribution < 1.29 is 9.53 Å². The molecule has 0 atom stereocenters. The lowest BCUT2D eigenvalue weighted by Crippen LogP contribution is -2.43. The Balaban J connectivity index is 2.24. The maximum absolute atomic E-state index is 12.6. The number of methoxy groups -OCH3 is 1. The molecule has 0 saturated heterocycles. The summed E-state index contributed by atoms with van der Waals surface area (Å²) in [5.41, 5.74) is 0.525. The number of carbonyl (C=O) groups excluding carboxylic acids is 1. The van der Waals surface area contributed by atoms with E-state index in [-0.39, 0.29) is 5.78 Å². The lowest BCUT2D eigenvalue weighted by Gasteiger charge is -2.36. The lowest BCUT2D eigenvalue weighted by molar-refractivity contribution is -0.0260. The van der Waals surface area contributed by atoms with Crippen LogP contribution in [0.15, 0.2) is 11.4 Å². The van der Waals surface area contributed by atoms with E-state index in [1.54, 1.807) is 7.11 Å². The van der Waals surface area contributed by atoms with E-state index in [0.29, 0.717) is 0 Å². The number of ketones is 1. The number of hydrogen-bond donors (Lipinski definition) is 0. The van der Waals surface area contributed by atoms with Crippen molar-refractivity contribution >= 4 is 17.1 Å². The minimum absolute atomic E-state index is 0.194. The molecule has 1 aromatic rings. The van der Waals surface area contributed by atoms with Gasteiger partial charge in [0.15, 0.2) is 0 Å². The van der Waals surface area contributed by atoms with E-state index < -0.39 is 5.60 Å². The average Bonchev–Trinajstić information content (AvgIpc) is 2.76. The van der Waals surface area contributed by atoms with E-state index in [1.165, 1.54) is 11.3 Å². The van der Waals surface area contributed by atoms with Gasteiger partial charge in [0.05, 0.1) is 4.88 Å². The minimum Gasteiger partial charge on any atom is -0.370 e. The fraction of sp³-hybridized carbons (Fsp3) is 0.643. The molecule has 0 unspecified atom stereocenters. The molecule has 2 nitrogen and oxygen atoms in total. The highest BCUT2D eigenvalue weighted by molar-refractivity contribution is 7.12. The Bertz CT molecular complexity index is 400. The number of aryl methyl sites for hydroxylation is 1. The summed E-state index contributed by atoms with van der Waals surface area (Å²) in [7, 11) is 1.68. The predicted molar refractivity (Wildman–Crippen MR) is 70.8 cm³/mol. The maximum Gasteiger partial charge on any atom is 0.204 e. The first-order valence-corrected chi connectivity index (χ1v) is 7.11. The number of rotatable bonds is 3. The van der Waals surface area contributed by atoms with Crippen LogP contribution in [0, 0.1) is 12.8 Å². The molecule has 0 N–H and O–H groups in total. The van der Waals surface area contributed by atoms with E-state index in [0.717, 1.165) is 42.0 Å². The van der Waals surface area contributed by atoms with Crippen molar-refractivity contribution in [2.45, 2.75) is 45.1 Å². The number of hydrogen-bond acceptors (Lipinski definition) is 3. The summed E-state index contributed by atoms with van der Waals surface area (Å²) in [5, 5.41) is 1.98. The van der Waals surface area contributed by atoms with Gasteiger partial charge in [-0.2, -0.15) is 0 Å². The molecule has 2 rings (SSSR count). The summed E-state index contributed by atoms with van der Waals surface area (Å²) in [5.74, 6) is 0.912. The molecule has 1 aliphatic rings. The molecule has 17 heavy (non-hydrogen) atoms. The first-order chi connectivity index (χ1) is 8.09. The van der Waals surface area contributed by atoms with Gasteiger partial charge in [0.2, 0.25) is 5.78 Å². The zero-order valence-electron chi connectivity index (χ0n) is 10.8. The van der Waals surface area contributed by atoms with Gasteiger partial charge >= 0.3 is 0 Å². The lowest BCUT2D eigenvalue weighted by atomic mass is 9.76. The molecule has 3 heteroatoms. The van der Waals surface area contributed by atoms with Crippen LogP contribution in [0.5, 0.6) is 0 Å². The highest BCUT2D eigenvalue weighted by Gasteiger charge is 2.42. The van der Waals surface area contributed by atoms with Crippen molar-refractivity contribution in [1.29, 1.82) is 0 Å². The van der Waals surface area contributed by atoms with Crippen LogP contribution in [0.25, 0.3) is 0 Å². The summed E-state index contributed by atoms with van der Waals surface area (Å²) < 4.78 is 5.62. The standard InChI is InChI=1S/C14H20O2S/c1-10-4-7-14(16-3,8-5-10)13(15)12-11(2)6-9-17-12/h6,9-10H,4-5,7-8H2,1-3H3. The Labute approximate surface area is 107 Å². The Morgan fingerprint density at radius 3 is 2.59 bits per heavy atom. The summed E-state index contributed by atoms with van der Waals surface area (Å²) in [6.07, 6.45) is 3.90. The van der Waals surface area contributed by atoms with Crippen LogP contribution >= 0.6 is 11.3 Å². The van der Waals surface area contributed by atoms with Crippen molar-refractivity contribution in [2.75, 3.05) is 7.11 Å². The second kappa shape index (κ2) is 4.91. The van der Waals surface area contributed by atoms with Crippen LogP contribution in [-0.4, -0.2) is 18.5 Å². The molecule has 1 aliphatic carbocycles. The third-order valence-electron chi connectivity index (χ3n) is 3.95. The van der Waals surface area contributed by atoms with Gasteiger partial charge in [-0.1, -0.05) is 6.92 Å². The second-order valence-corrected chi connectivity index (χ2v) is 6.06. The Hall–Kier alpha value is -0.670. The number of Topliss-reactive ketones (excluding diaryl/α,β-unsaturated/α-hetero) is 1. The maximum atomic E-state index is 12.6. The van der Waals surface area contributed by atoms with Crippen molar-refractivity contribution in [2.24, 2.45) is 5.92 Å². The third kappa shape index (κ3) is 2.31. The Morgan fingerprint density at radius 2 is 2.12 bits per heavy atom. The van der Waals surface area contributed by atoms with E-state index in [4.69, 9.17) is 4.74 Å². The first kappa shape index (κ1) is 12.8. The molecule has 0 aliphatic heterocycles. The SMILES string of the molecule is COC1(C(=O)c2sccc2C)CCC(C)CC1. The van der Waals surface area contributed by atoms with Crippen molar-refractivity contribution in [3.05, 3.63) is 21.9 Å². The van der Waals surface area contributed by atoms with E-state index in [1.807, 2.05) is 18.4 Å². The zero-order valence-corrected chi connectivity index (χ0v) is 11.6. The van der Waals surface area contributed by atoms with Crippen LogP contribution in [0.2, 0.25) is 0 Å². The van der Waals surface area contributed by atoms with Crippen molar-refractivity contribution in [3.8, 4) is 0 Å². The van der Waals surface area contributed by atoms with Crippen molar-refractivity contribution in [1.82, 2.24) is 0 Å². The first-order valence-electron chi connectivity index (χ1n) is 6.23. The van der Waals surface area contributed by atoms with Gasteiger partial charge < -0.3 is 4.74 Å². The van der Waals surface area contributed by atoms with Gasteiger partial charge in [-0.3, -0.25) is 4.79 Å². The van der Waals surface area contributed by atoms with Crippen LogP contribution in [0.4, 0.5) is 0 Å². The monoisotopic (exact) mass is 252 g/mol. The zero-order chi connectivity index (χ0) is 12.5. The normalized spacial score (nSPS) is 29.2. The van der Waals surface area contributed by atoms with Crippen LogP contribution < -0.4 is 0 Å².